The Labute approximate surface area is 155 Å². The summed E-state index contributed by atoms with van der Waals surface area (Å²) in [5.41, 5.74) is 3.90. The van der Waals surface area contributed by atoms with Gasteiger partial charge in [-0.15, -0.1) is 0 Å². The quantitative estimate of drug-likeness (QED) is 0.672. The van der Waals surface area contributed by atoms with Crippen LogP contribution in [0.1, 0.15) is 22.9 Å². The monoisotopic (exact) mass is 365 g/mol. The number of likely N-dealkylation sites (N-methyl/N-ethyl adjacent to an activating group) is 1. The van der Waals surface area contributed by atoms with E-state index < -0.39 is 0 Å². The summed E-state index contributed by atoms with van der Waals surface area (Å²) in [4.78, 5) is 19.7. The lowest BCUT2D eigenvalue weighted by molar-refractivity contribution is -0.127. The summed E-state index contributed by atoms with van der Waals surface area (Å²) in [7, 11) is 1.71. The molecule has 26 heavy (non-hydrogen) atoms. The number of fused-ring (bicyclic) bond motifs is 4. The fourth-order valence-corrected chi connectivity index (χ4v) is 4.55. The van der Waals surface area contributed by atoms with E-state index in [-0.39, 0.29) is 23.8 Å². The van der Waals surface area contributed by atoms with Crippen LogP contribution in [0.25, 0.3) is 10.9 Å². The van der Waals surface area contributed by atoms with E-state index in [0.717, 1.165) is 27.7 Å². The van der Waals surface area contributed by atoms with Crippen molar-refractivity contribution >= 4 is 34.1 Å². The van der Waals surface area contributed by atoms with Gasteiger partial charge in [0.1, 0.15) is 11.9 Å². The van der Waals surface area contributed by atoms with Crippen LogP contribution in [0.3, 0.4) is 0 Å². The topological polar surface area (TPSA) is 39.3 Å². The molecule has 1 aromatic heterocycles. The minimum atomic E-state index is -0.354. The minimum Gasteiger partial charge on any atom is -0.356 e. The van der Waals surface area contributed by atoms with Gasteiger partial charge in [-0.1, -0.05) is 30.3 Å². The van der Waals surface area contributed by atoms with Gasteiger partial charge in [0, 0.05) is 30.1 Å². The molecule has 130 valence electrons. The number of hydrogen-bond acceptors (Lipinski definition) is 2. The van der Waals surface area contributed by atoms with E-state index in [1.165, 1.54) is 17.0 Å². The SMILES string of the molecule is CN1C(=O)[C@H]2Cc3c([nH]c4ccccc34)[C@@H](c3cccc(F)c3)N2C1=S. The number of hydrogen-bond donors (Lipinski definition) is 1. The highest BCUT2D eigenvalue weighted by Gasteiger charge is 2.49. The molecule has 1 fully saturated rings. The highest BCUT2D eigenvalue weighted by Crippen LogP contribution is 2.43. The number of thiocarbonyl (C=S) groups is 1. The Kier molecular flexibility index (Phi) is 3.21. The Morgan fingerprint density at radius 1 is 1.19 bits per heavy atom. The maximum atomic E-state index is 14.0. The van der Waals surface area contributed by atoms with E-state index in [2.05, 4.69) is 11.1 Å². The molecule has 2 atom stereocenters. The average molecular weight is 365 g/mol. The van der Waals surface area contributed by atoms with Gasteiger partial charge >= 0.3 is 0 Å². The molecule has 6 heteroatoms. The van der Waals surface area contributed by atoms with Crippen LogP contribution >= 0.6 is 12.2 Å². The molecule has 0 spiro atoms. The first-order valence-electron chi connectivity index (χ1n) is 8.51. The first-order valence-corrected chi connectivity index (χ1v) is 8.92. The molecule has 1 saturated heterocycles. The lowest BCUT2D eigenvalue weighted by Crippen LogP contribution is -2.44. The molecule has 0 unspecified atom stereocenters. The maximum Gasteiger partial charge on any atom is 0.251 e. The van der Waals surface area contributed by atoms with Gasteiger partial charge in [0.2, 0.25) is 0 Å². The van der Waals surface area contributed by atoms with Crippen LogP contribution < -0.4 is 0 Å². The van der Waals surface area contributed by atoms with Crippen molar-refractivity contribution in [2.45, 2.75) is 18.5 Å². The van der Waals surface area contributed by atoms with Crippen molar-refractivity contribution in [1.82, 2.24) is 14.8 Å². The van der Waals surface area contributed by atoms with E-state index in [1.54, 1.807) is 13.1 Å². The Morgan fingerprint density at radius 3 is 2.81 bits per heavy atom. The number of aromatic amines is 1. The van der Waals surface area contributed by atoms with Crippen LogP contribution in [0.5, 0.6) is 0 Å². The number of nitrogens with zero attached hydrogens (tertiary/aromatic N) is 2. The third-order valence-electron chi connectivity index (χ3n) is 5.42. The number of aromatic nitrogens is 1. The second kappa shape index (κ2) is 5.38. The molecule has 0 saturated carbocycles. The summed E-state index contributed by atoms with van der Waals surface area (Å²) in [6.07, 6.45) is 0.592. The van der Waals surface area contributed by atoms with Gasteiger partial charge < -0.3 is 9.88 Å². The molecule has 3 aromatic rings. The standard InChI is InChI=1S/C20H16FN3OS/c1-23-19(25)16-10-14-13-7-2-3-8-15(13)22-17(14)18(24(16)20(23)26)11-5-4-6-12(21)9-11/h2-9,16,18,22H,10H2,1H3/t16-,18-/m1/s1. The van der Waals surface area contributed by atoms with Crippen molar-refractivity contribution < 1.29 is 9.18 Å². The predicted octanol–water partition coefficient (Wildman–Crippen LogP) is 3.38. The van der Waals surface area contributed by atoms with E-state index in [0.29, 0.717) is 11.5 Å². The first kappa shape index (κ1) is 15.5. The molecule has 2 aliphatic heterocycles. The number of H-pyrrole nitrogens is 1. The van der Waals surface area contributed by atoms with Crippen LogP contribution in [0, 0.1) is 5.82 Å². The van der Waals surface area contributed by atoms with Gasteiger partial charge in [-0.3, -0.25) is 9.69 Å². The molecule has 5 rings (SSSR count). The van der Waals surface area contributed by atoms with E-state index in [9.17, 15) is 9.18 Å². The number of halogens is 1. The maximum absolute atomic E-state index is 14.0. The predicted molar refractivity (Wildman–Crippen MR) is 101 cm³/mol. The van der Waals surface area contributed by atoms with Gasteiger partial charge in [0.15, 0.2) is 5.11 Å². The molecule has 4 nitrogen and oxygen atoms in total. The molecular formula is C20H16FN3OS. The molecule has 0 bridgehead atoms. The first-order chi connectivity index (χ1) is 12.6. The zero-order valence-electron chi connectivity index (χ0n) is 14.1. The third-order valence-corrected chi connectivity index (χ3v) is 5.90. The van der Waals surface area contributed by atoms with Crippen LogP contribution in [0.2, 0.25) is 0 Å². The number of para-hydroxylation sites is 1. The van der Waals surface area contributed by atoms with Crippen LogP contribution in [-0.2, 0) is 11.2 Å². The summed E-state index contributed by atoms with van der Waals surface area (Å²) in [6.45, 7) is 0. The summed E-state index contributed by atoms with van der Waals surface area (Å²) in [5.74, 6) is -0.306. The Balaban J connectivity index is 1.79. The second-order valence-corrected chi connectivity index (χ2v) is 7.19. The molecular weight excluding hydrogens is 349 g/mol. The van der Waals surface area contributed by atoms with E-state index >= 15 is 0 Å². The van der Waals surface area contributed by atoms with E-state index in [1.807, 2.05) is 29.2 Å². The second-order valence-electron chi connectivity index (χ2n) is 6.83. The van der Waals surface area contributed by atoms with Gasteiger partial charge in [-0.05, 0) is 41.5 Å². The molecule has 3 heterocycles. The number of nitrogens with one attached hydrogen (secondary N) is 1. The van der Waals surface area contributed by atoms with Gasteiger partial charge in [-0.2, -0.15) is 0 Å². The summed E-state index contributed by atoms with van der Waals surface area (Å²) < 4.78 is 14.0. The number of rotatable bonds is 1. The van der Waals surface area contributed by atoms with Crippen molar-refractivity contribution in [1.29, 1.82) is 0 Å². The molecule has 2 aliphatic rings. The van der Waals surface area contributed by atoms with Gasteiger partial charge in [-0.25, -0.2) is 4.39 Å². The molecule has 2 aromatic carbocycles. The van der Waals surface area contributed by atoms with Gasteiger partial charge in [0.25, 0.3) is 5.91 Å². The Hall–Kier alpha value is -2.73. The zero-order valence-corrected chi connectivity index (χ0v) is 14.9. The fraction of sp³-hybridized carbons (Fsp3) is 0.200. The van der Waals surface area contributed by atoms with E-state index in [4.69, 9.17) is 12.2 Å². The lowest BCUT2D eigenvalue weighted by Gasteiger charge is -2.37. The Bertz CT molecular complexity index is 1080. The highest BCUT2D eigenvalue weighted by atomic mass is 32.1. The largest absolute Gasteiger partial charge is 0.356 e. The van der Waals surface area contributed by atoms with Crippen molar-refractivity contribution in [2.75, 3.05) is 7.05 Å². The summed E-state index contributed by atoms with van der Waals surface area (Å²) >= 11 is 5.56. The normalized spacial score (nSPS) is 22.1. The lowest BCUT2D eigenvalue weighted by atomic mass is 9.89. The number of amides is 1. The van der Waals surface area contributed by atoms with Crippen molar-refractivity contribution in [3.8, 4) is 0 Å². The van der Waals surface area contributed by atoms with Crippen molar-refractivity contribution in [3.63, 3.8) is 0 Å². The molecule has 0 aliphatic carbocycles. The van der Waals surface area contributed by atoms with Crippen LogP contribution in [0.4, 0.5) is 4.39 Å². The highest BCUT2D eigenvalue weighted by molar-refractivity contribution is 7.80. The molecule has 1 amide bonds. The van der Waals surface area contributed by atoms with Crippen LogP contribution in [0.15, 0.2) is 48.5 Å². The van der Waals surface area contributed by atoms with Crippen molar-refractivity contribution in [2.24, 2.45) is 0 Å². The smallest absolute Gasteiger partial charge is 0.251 e. The fourth-order valence-electron chi connectivity index (χ4n) is 4.23. The number of carbonyl (C=O) groups excluding carboxylic acids is 1. The zero-order chi connectivity index (χ0) is 18.0. The summed E-state index contributed by atoms with van der Waals surface area (Å²) in [6, 6.07) is 13.9. The number of carbonyl (C=O) groups is 1. The number of benzene rings is 2. The molecule has 0 radical (unpaired) electrons. The summed E-state index contributed by atoms with van der Waals surface area (Å²) in [5, 5.41) is 1.59. The van der Waals surface area contributed by atoms with Gasteiger partial charge in [0.05, 0.1) is 6.04 Å². The minimum absolute atomic E-state index is 0.00710. The average Bonchev–Trinajstić information content (AvgIpc) is 3.12. The van der Waals surface area contributed by atoms with Crippen LogP contribution in [-0.4, -0.2) is 38.9 Å². The molecule has 1 N–H and O–H groups in total. The Morgan fingerprint density at radius 2 is 2.00 bits per heavy atom. The third kappa shape index (κ3) is 1.99. The van der Waals surface area contributed by atoms with Crippen molar-refractivity contribution in [3.05, 3.63) is 71.2 Å².